The summed E-state index contributed by atoms with van der Waals surface area (Å²) in [6, 6.07) is 4.21. The van der Waals surface area contributed by atoms with Crippen LogP contribution < -0.4 is 5.32 Å². The molecule has 108 valence electrons. The molecule has 0 unspecified atom stereocenters. The molecule has 0 bridgehead atoms. The van der Waals surface area contributed by atoms with E-state index in [0.29, 0.717) is 0 Å². The average Bonchev–Trinajstić information content (AvgIpc) is 2.51. The zero-order valence-electron chi connectivity index (χ0n) is 10.9. The van der Waals surface area contributed by atoms with E-state index < -0.39 is 35.8 Å². The van der Waals surface area contributed by atoms with E-state index in [9.17, 15) is 22.8 Å². The average molecular weight is 286 g/mol. The first kappa shape index (κ1) is 14.4. The summed E-state index contributed by atoms with van der Waals surface area (Å²) in [5.74, 6) is -0.542. The summed E-state index contributed by atoms with van der Waals surface area (Å²) < 4.78 is 38.6. The highest BCUT2D eigenvalue weighted by molar-refractivity contribution is 6.06. The van der Waals surface area contributed by atoms with E-state index in [2.05, 4.69) is 5.32 Å². The van der Waals surface area contributed by atoms with Gasteiger partial charge in [-0.15, -0.1) is 0 Å². The van der Waals surface area contributed by atoms with Crippen molar-refractivity contribution >= 4 is 11.9 Å². The lowest BCUT2D eigenvalue weighted by Crippen LogP contribution is -2.40. The molecule has 0 atom stereocenters. The van der Waals surface area contributed by atoms with Crippen LogP contribution in [-0.2, 0) is 17.5 Å². The minimum atomic E-state index is -4.52. The van der Waals surface area contributed by atoms with E-state index in [1.165, 1.54) is 32.0 Å². The maximum atomic E-state index is 12.9. The molecule has 0 spiro atoms. The summed E-state index contributed by atoms with van der Waals surface area (Å²) >= 11 is 0. The quantitative estimate of drug-likeness (QED) is 0.849. The summed E-state index contributed by atoms with van der Waals surface area (Å²) in [5, 5.41) is 2.43. The fraction of sp³-hybridized carbons (Fsp3) is 0.385. The Hall–Kier alpha value is -2.05. The van der Waals surface area contributed by atoms with Gasteiger partial charge in [0.05, 0.1) is 12.1 Å². The molecule has 0 aliphatic carbocycles. The summed E-state index contributed by atoms with van der Waals surface area (Å²) in [7, 11) is 0. The Morgan fingerprint density at radius 3 is 2.30 bits per heavy atom. The van der Waals surface area contributed by atoms with Crippen LogP contribution in [0.3, 0.4) is 0 Å². The maximum Gasteiger partial charge on any atom is 0.416 e. The predicted molar refractivity (Wildman–Crippen MR) is 64.6 cm³/mol. The van der Waals surface area contributed by atoms with Crippen LogP contribution in [0.1, 0.15) is 25.0 Å². The van der Waals surface area contributed by atoms with Crippen molar-refractivity contribution < 1.29 is 22.8 Å². The molecule has 1 fully saturated rings. The number of benzene rings is 1. The van der Waals surface area contributed by atoms with E-state index in [1.807, 2.05) is 0 Å². The lowest BCUT2D eigenvalue weighted by atomic mass is 10.0. The number of carbonyl (C=O) groups is 2. The molecule has 7 heteroatoms. The summed E-state index contributed by atoms with van der Waals surface area (Å²) in [6.45, 7) is 2.61. The summed E-state index contributed by atoms with van der Waals surface area (Å²) in [5.41, 5.74) is -2.05. The van der Waals surface area contributed by atoms with Crippen molar-refractivity contribution in [3.63, 3.8) is 0 Å². The van der Waals surface area contributed by atoms with E-state index in [-0.39, 0.29) is 5.56 Å². The molecule has 2 rings (SSSR count). The van der Waals surface area contributed by atoms with Gasteiger partial charge in [-0.25, -0.2) is 4.79 Å². The van der Waals surface area contributed by atoms with Gasteiger partial charge in [0.15, 0.2) is 0 Å². The number of carbonyl (C=O) groups excluding carboxylic acids is 2. The minimum absolute atomic E-state index is 0.110. The smallest absolute Gasteiger partial charge is 0.324 e. The molecule has 4 nitrogen and oxygen atoms in total. The first-order chi connectivity index (χ1) is 9.13. The van der Waals surface area contributed by atoms with Crippen molar-refractivity contribution in [2.45, 2.75) is 32.1 Å². The van der Waals surface area contributed by atoms with Gasteiger partial charge in [0.1, 0.15) is 5.54 Å². The second-order valence-electron chi connectivity index (χ2n) is 5.10. The molecule has 1 heterocycles. The Labute approximate surface area is 113 Å². The molecule has 0 saturated carbocycles. The third-order valence-electron chi connectivity index (χ3n) is 3.10. The Balaban J connectivity index is 2.32. The highest BCUT2D eigenvalue weighted by Gasteiger charge is 2.45. The van der Waals surface area contributed by atoms with Crippen molar-refractivity contribution in [3.8, 4) is 0 Å². The Bertz CT molecular complexity index is 567. The van der Waals surface area contributed by atoms with Crippen LogP contribution in [0.4, 0.5) is 18.0 Å². The molecule has 1 aliphatic rings. The molecule has 1 aliphatic heterocycles. The molecule has 20 heavy (non-hydrogen) atoms. The van der Waals surface area contributed by atoms with Gasteiger partial charge in [0, 0.05) is 0 Å². The molecule has 1 N–H and O–H groups in total. The number of amides is 3. The predicted octanol–water partition coefficient (Wildman–Crippen LogP) is 2.54. The molecule has 3 amide bonds. The third-order valence-corrected chi connectivity index (χ3v) is 3.10. The summed E-state index contributed by atoms with van der Waals surface area (Å²) in [4.78, 5) is 24.4. The minimum Gasteiger partial charge on any atom is -0.324 e. The van der Waals surface area contributed by atoms with Crippen LogP contribution >= 0.6 is 0 Å². The van der Waals surface area contributed by atoms with E-state index in [0.717, 1.165) is 11.0 Å². The number of urea groups is 1. The van der Waals surface area contributed by atoms with Gasteiger partial charge in [-0.3, -0.25) is 9.69 Å². The molecular formula is C13H13F3N2O2. The second kappa shape index (κ2) is 4.50. The number of nitrogens with zero attached hydrogens (tertiary/aromatic N) is 1. The fourth-order valence-corrected chi connectivity index (χ4v) is 2.07. The third kappa shape index (κ3) is 2.48. The highest BCUT2D eigenvalue weighted by atomic mass is 19.4. The van der Waals surface area contributed by atoms with Crippen LogP contribution in [0.5, 0.6) is 0 Å². The largest absolute Gasteiger partial charge is 0.416 e. The molecule has 1 saturated heterocycles. The van der Waals surface area contributed by atoms with Gasteiger partial charge in [0.25, 0.3) is 5.91 Å². The van der Waals surface area contributed by atoms with Crippen molar-refractivity contribution in [2.24, 2.45) is 0 Å². The van der Waals surface area contributed by atoms with Crippen molar-refractivity contribution in [2.75, 3.05) is 0 Å². The van der Waals surface area contributed by atoms with E-state index >= 15 is 0 Å². The van der Waals surface area contributed by atoms with Crippen LogP contribution in [0, 0.1) is 0 Å². The van der Waals surface area contributed by atoms with Crippen LogP contribution in [-0.4, -0.2) is 22.4 Å². The molecular weight excluding hydrogens is 273 g/mol. The molecule has 0 radical (unpaired) electrons. The monoisotopic (exact) mass is 286 g/mol. The van der Waals surface area contributed by atoms with Gasteiger partial charge in [-0.05, 0) is 25.5 Å². The fourth-order valence-electron chi connectivity index (χ4n) is 2.07. The topological polar surface area (TPSA) is 49.4 Å². The second-order valence-corrected chi connectivity index (χ2v) is 5.10. The van der Waals surface area contributed by atoms with Crippen molar-refractivity contribution in [3.05, 3.63) is 35.4 Å². The van der Waals surface area contributed by atoms with Gasteiger partial charge in [-0.1, -0.05) is 18.2 Å². The Morgan fingerprint density at radius 1 is 1.20 bits per heavy atom. The number of hydrogen-bond donors (Lipinski definition) is 1. The number of rotatable bonds is 2. The number of hydrogen-bond acceptors (Lipinski definition) is 2. The number of alkyl halides is 3. The van der Waals surface area contributed by atoms with Crippen LogP contribution in [0.15, 0.2) is 24.3 Å². The van der Waals surface area contributed by atoms with Gasteiger partial charge < -0.3 is 5.32 Å². The van der Waals surface area contributed by atoms with Gasteiger partial charge in [0.2, 0.25) is 0 Å². The zero-order valence-corrected chi connectivity index (χ0v) is 10.9. The van der Waals surface area contributed by atoms with Gasteiger partial charge in [-0.2, -0.15) is 13.2 Å². The lowest BCUT2D eigenvalue weighted by Gasteiger charge is -2.18. The number of nitrogens with one attached hydrogen (secondary N) is 1. The molecule has 1 aromatic rings. The maximum absolute atomic E-state index is 12.9. The number of halogens is 3. The zero-order chi connectivity index (χ0) is 15.1. The lowest BCUT2D eigenvalue weighted by molar-refractivity contribution is -0.139. The first-order valence-corrected chi connectivity index (χ1v) is 5.92. The Morgan fingerprint density at radius 2 is 1.80 bits per heavy atom. The SMILES string of the molecule is CC1(C)NC(=O)N(Cc2ccccc2C(F)(F)F)C1=O. The highest BCUT2D eigenvalue weighted by Crippen LogP contribution is 2.33. The van der Waals surface area contributed by atoms with Crippen LogP contribution in [0.25, 0.3) is 0 Å². The van der Waals surface area contributed by atoms with Crippen molar-refractivity contribution in [1.82, 2.24) is 10.2 Å². The summed E-state index contributed by atoms with van der Waals surface area (Å²) in [6.07, 6.45) is -4.52. The van der Waals surface area contributed by atoms with E-state index in [4.69, 9.17) is 0 Å². The molecule has 1 aromatic carbocycles. The standard InChI is InChI=1S/C13H13F3N2O2/c1-12(2)10(19)18(11(20)17-12)7-8-5-3-4-6-9(8)13(14,15)16/h3-6H,7H2,1-2H3,(H,17,20). The normalized spacial score (nSPS) is 18.4. The van der Waals surface area contributed by atoms with E-state index in [1.54, 1.807) is 0 Å². The number of imide groups is 1. The van der Waals surface area contributed by atoms with Gasteiger partial charge >= 0.3 is 12.2 Å². The van der Waals surface area contributed by atoms with Crippen LogP contribution in [0.2, 0.25) is 0 Å². The Kier molecular flexibility index (Phi) is 3.23. The van der Waals surface area contributed by atoms with Crippen molar-refractivity contribution in [1.29, 1.82) is 0 Å². The molecule has 0 aromatic heterocycles. The first-order valence-electron chi connectivity index (χ1n) is 5.92.